The van der Waals surface area contributed by atoms with Crippen LogP contribution in [0.5, 0.6) is 0 Å². The first-order valence-corrected chi connectivity index (χ1v) is 7.07. The van der Waals surface area contributed by atoms with Crippen LogP contribution in [-0.2, 0) is 0 Å². The lowest BCUT2D eigenvalue weighted by molar-refractivity contribution is 0.255. The van der Waals surface area contributed by atoms with Gasteiger partial charge in [-0.05, 0) is 37.3 Å². The van der Waals surface area contributed by atoms with Crippen LogP contribution >= 0.6 is 11.6 Å². The Balaban J connectivity index is 2.59. The summed E-state index contributed by atoms with van der Waals surface area (Å²) in [5.74, 6) is 1.35. The van der Waals surface area contributed by atoms with Crippen LogP contribution in [0.15, 0.2) is 0 Å². The summed E-state index contributed by atoms with van der Waals surface area (Å²) in [6, 6.07) is 0. The van der Waals surface area contributed by atoms with Gasteiger partial charge in [0.05, 0.1) is 0 Å². The molecule has 0 aliphatic heterocycles. The number of aliphatic hydroxyl groups is 1. The molecule has 0 radical (unpaired) electrons. The second-order valence-corrected chi connectivity index (χ2v) is 4.67. The number of hydrogen-bond donors (Lipinski definition) is 3. The Morgan fingerprint density at radius 3 is 2.37 bits per heavy atom. The molecule has 7 heteroatoms. The van der Waals surface area contributed by atoms with Crippen molar-refractivity contribution >= 4 is 23.5 Å². The van der Waals surface area contributed by atoms with Gasteiger partial charge in [0.25, 0.3) is 0 Å². The highest BCUT2D eigenvalue weighted by molar-refractivity contribution is 6.28. The number of anilines is 2. The molecule has 0 fully saturated rings. The Morgan fingerprint density at radius 2 is 1.79 bits per heavy atom. The average Bonchev–Trinajstić information content (AvgIpc) is 2.36. The van der Waals surface area contributed by atoms with Crippen molar-refractivity contribution in [2.24, 2.45) is 5.92 Å². The van der Waals surface area contributed by atoms with E-state index in [1.807, 2.05) is 6.92 Å². The molecule has 0 saturated heterocycles. The summed E-state index contributed by atoms with van der Waals surface area (Å²) in [6.45, 7) is 5.74. The number of nitrogens with one attached hydrogen (secondary N) is 2. The summed E-state index contributed by atoms with van der Waals surface area (Å²) >= 11 is 5.84. The van der Waals surface area contributed by atoms with E-state index in [0.717, 1.165) is 32.4 Å². The van der Waals surface area contributed by atoms with E-state index in [-0.39, 0.29) is 11.9 Å². The van der Waals surface area contributed by atoms with Gasteiger partial charge in [-0.1, -0.05) is 13.3 Å². The quantitative estimate of drug-likeness (QED) is 0.646. The number of aliphatic hydroxyl groups excluding tert-OH is 1. The molecule has 0 spiro atoms. The molecule has 0 aliphatic rings. The Hall–Kier alpha value is -1.14. The zero-order valence-corrected chi connectivity index (χ0v) is 12.2. The van der Waals surface area contributed by atoms with Crippen LogP contribution in [-0.4, -0.2) is 39.8 Å². The molecule has 19 heavy (non-hydrogen) atoms. The van der Waals surface area contributed by atoms with Crippen LogP contribution in [0.1, 0.15) is 33.1 Å². The van der Waals surface area contributed by atoms with Crippen LogP contribution < -0.4 is 10.6 Å². The predicted molar refractivity (Wildman–Crippen MR) is 77.6 cm³/mol. The average molecular weight is 288 g/mol. The van der Waals surface area contributed by atoms with Crippen molar-refractivity contribution < 1.29 is 5.11 Å². The van der Waals surface area contributed by atoms with E-state index in [0.29, 0.717) is 17.8 Å². The van der Waals surface area contributed by atoms with Crippen LogP contribution in [0.25, 0.3) is 0 Å². The smallest absolute Gasteiger partial charge is 0.228 e. The normalized spacial score (nSPS) is 12.2. The molecule has 0 aromatic carbocycles. The third-order valence-electron chi connectivity index (χ3n) is 2.73. The molecule has 1 atom stereocenters. The second kappa shape index (κ2) is 8.87. The molecule has 1 aromatic heterocycles. The summed E-state index contributed by atoms with van der Waals surface area (Å²) in [4.78, 5) is 12.2. The topological polar surface area (TPSA) is 83.0 Å². The molecule has 1 heterocycles. The predicted octanol–water partition coefficient (Wildman–Crippen LogP) is 2.17. The molecule has 0 amide bonds. The lowest BCUT2D eigenvalue weighted by Crippen LogP contribution is -2.18. The fourth-order valence-electron chi connectivity index (χ4n) is 1.84. The van der Waals surface area contributed by atoms with Crippen LogP contribution in [0.4, 0.5) is 11.9 Å². The van der Waals surface area contributed by atoms with Crippen molar-refractivity contribution in [2.45, 2.75) is 33.1 Å². The zero-order valence-electron chi connectivity index (χ0n) is 11.5. The van der Waals surface area contributed by atoms with Crippen molar-refractivity contribution in [1.29, 1.82) is 0 Å². The van der Waals surface area contributed by atoms with Crippen LogP contribution in [0.3, 0.4) is 0 Å². The first kappa shape index (κ1) is 15.9. The highest BCUT2D eigenvalue weighted by Crippen LogP contribution is 2.13. The third kappa shape index (κ3) is 6.02. The standard InChI is InChI=1S/C12H22ClN5O/c1-3-5-9(6-7-19)8-15-12-17-10(13)16-11(18-12)14-4-2/h9,19H,3-8H2,1-2H3,(H2,14,15,16,17,18). The Bertz CT molecular complexity index is 371. The maximum Gasteiger partial charge on any atom is 0.228 e. The fourth-order valence-corrected chi connectivity index (χ4v) is 2.00. The van der Waals surface area contributed by atoms with Gasteiger partial charge >= 0.3 is 0 Å². The van der Waals surface area contributed by atoms with Gasteiger partial charge in [0.15, 0.2) is 0 Å². The first-order chi connectivity index (χ1) is 9.19. The van der Waals surface area contributed by atoms with E-state index in [9.17, 15) is 0 Å². The summed E-state index contributed by atoms with van der Waals surface area (Å²) in [6.07, 6.45) is 2.93. The van der Waals surface area contributed by atoms with E-state index in [4.69, 9.17) is 16.7 Å². The maximum absolute atomic E-state index is 9.02. The van der Waals surface area contributed by atoms with E-state index < -0.39 is 0 Å². The summed E-state index contributed by atoms with van der Waals surface area (Å²) < 4.78 is 0. The highest BCUT2D eigenvalue weighted by Gasteiger charge is 2.09. The molecular formula is C12H22ClN5O. The lowest BCUT2D eigenvalue weighted by atomic mass is 10.0. The monoisotopic (exact) mass is 287 g/mol. The van der Waals surface area contributed by atoms with Gasteiger partial charge in [-0.2, -0.15) is 15.0 Å². The Morgan fingerprint density at radius 1 is 1.11 bits per heavy atom. The molecule has 6 nitrogen and oxygen atoms in total. The summed E-state index contributed by atoms with van der Waals surface area (Å²) in [7, 11) is 0. The van der Waals surface area contributed by atoms with Gasteiger partial charge in [0.2, 0.25) is 17.2 Å². The maximum atomic E-state index is 9.02. The first-order valence-electron chi connectivity index (χ1n) is 6.69. The summed E-state index contributed by atoms with van der Waals surface area (Å²) in [5, 5.41) is 15.3. The van der Waals surface area contributed by atoms with Gasteiger partial charge in [-0.15, -0.1) is 0 Å². The minimum atomic E-state index is 0.169. The number of hydrogen-bond acceptors (Lipinski definition) is 6. The van der Waals surface area contributed by atoms with Gasteiger partial charge in [-0.3, -0.25) is 0 Å². The molecule has 0 saturated carbocycles. The van der Waals surface area contributed by atoms with E-state index in [2.05, 4.69) is 32.5 Å². The molecule has 0 bridgehead atoms. The minimum absolute atomic E-state index is 0.169. The van der Waals surface area contributed by atoms with Crippen LogP contribution in [0.2, 0.25) is 5.28 Å². The largest absolute Gasteiger partial charge is 0.396 e. The Labute approximate surface area is 119 Å². The molecule has 3 N–H and O–H groups in total. The Kier molecular flexibility index (Phi) is 7.43. The minimum Gasteiger partial charge on any atom is -0.396 e. The van der Waals surface area contributed by atoms with Crippen molar-refractivity contribution in [3.63, 3.8) is 0 Å². The van der Waals surface area contributed by atoms with Crippen molar-refractivity contribution in [3.05, 3.63) is 5.28 Å². The molecule has 108 valence electrons. The van der Waals surface area contributed by atoms with E-state index in [1.165, 1.54) is 0 Å². The number of nitrogens with zero attached hydrogens (tertiary/aromatic N) is 3. The second-order valence-electron chi connectivity index (χ2n) is 4.33. The van der Waals surface area contributed by atoms with E-state index in [1.54, 1.807) is 0 Å². The number of aromatic nitrogens is 3. The summed E-state index contributed by atoms with van der Waals surface area (Å²) in [5.41, 5.74) is 0. The molecule has 0 aliphatic carbocycles. The zero-order chi connectivity index (χ0) is 14.1. The molecule has 1 aromatic rings. The molecule has 1 rings (SSSR count). The lowest BCUT2D eigenvalue weighted by Gasteiger charge is -2.15. The van der Waals surface area contributed by atoms with Gasteiger partial charge in [0, 0.05) is 19.7 Å². The molecule has 1 unspecified atom stereocenters. The highest BCUT2D eigenvalue weighted by atomic mass is 35.5. The third-order valence-corrected chi connectivity index (χ3v) is 2.90. The van der Waals surface area contributed by atoms with Crippen molar-refractivity contribution in [3.8, 4) is 0 Å². The number of rotatable bonds is 9. The SMILES string of the molecule is CCCC(CCO)CNc1nc(Cl)nc(NCC)n1. The van der Waals surface area contributed by atoms with E-state index >= 15 is 0 Å². The molecular weight excluding hydrogens is 266 g/mol. The van der Waals surface area contributed by atoms with Crippen LogP contribution in [0, 0.1) is 5.92 Å². The van der Waals surface area contributed by atoms with Gasteiger partial charge in [-0.25, -0.2) is 0 Å². The van der Waals surface area contributed by atoms with Gasteiger partial charge < -0.3 is 15.7 Å². The van der Waals surface area contributed by atoms with Crippen molar-refractivity contribution in [1.82, 2.24) is 15.0 Å². The van der Waals surface area contributed by atoms with Crippen molar-refractivity contribution in [2.75, 3.05) is 30.3 Å². The number of halogens is 1. The van der Waals surface area contributed by atoms with Gasteiger partial charge in [0.1, 0.15) is 0 Å². The fraction of sp³-hybridized carbons (Fsp3) is 0.750.